The Balaban J connectivity index is 1.93. The van der Waals surface area contributed by atoms with Crippen LogP contribution in [0.15, 0.2) is 47.5 Å². The lowest BCUT2D eigenvalue weighted by Gasteiger charge is -2.12. The molecule has 2 aromatic carbocycles. The Kier molecular flexibility index (Phi) is 7.54. The van der Waals surface area contributed by atoms with E-state index >= 15 is 0 Å². The summed E-state index contributed by atoms with van der Waals surface area (Å²) < 4.78 is 42.9. The van der Waals surface area contributed by atoms with E-state index in [-0.39, 0.29) is 12.3 Å². The van der Waals surface area contributed by atoms with Gasteiger partial charge in [-0.25, -0.2) is 4.99 Å². The number of guanidine groups is 1. The van der Waals surface area contributed by atoms with Gasteiger partial charge in [-0.15, -0.1) is 0 Å². The molecule has 2 aromatic rings. The number of phenolic OH excluding ortho intramolecular Hbond substituents is 1. The standard InChI is InChI=1S/C20H24F3N3O2/c1-3-24-19(25-11-10-15-6-9-17(28-2)12-18(15)27)26-13-14-4-7-16(8-5-14)20(21,22)23/h4-9,12,27H,3,10-11,13H2,1-2H3,(H2,24,25,26). The van der Waals surface area contributed by atoms with Crippen LogP contribution < -0.4 is 15.4 Å². The van der Waals surface area contributed by atoms with Crippen LogP contribution in [0.25, 0.3) is 0 Å². The Labute approximate surface area is 162 Å². The molecule has 0 saturated carbocycles. The highest BCUT2D eigenvalue weighted by Crippen LogP contribution is 2.29. The molecule has 0 spiro atoms. The lowest BCUT2D eigenvalue weighted by molar-refractivity contribution is -0.137. The van der Waals surface area contributed by atoms with Gasteiger partial charge in [-0.3, -0.25) is 0 Å². The molecule has 2 rings (SSSR count). The fourth-order valence-electron chi connectivity index (χ4n) is 2.51. The van der Waals surface area contributed by atoms with Gasteiger partial charge in [0.15, 0.2) is 5.96 Å². The number of aliphatic imine (C=N–C) groups is 1. The third-order valence-electron chi connectivity index (χ3n) is 4.02. The van der Waals surface area contributed by atoms with Gasteiger partial charge >= 0.3 is 6.18 Å². The fraction of sp³-hybridized carbons (Fsp3) is 0.350. The van der Waals surface area contributed by atoms with E-state index in [1.807, 2.05) is 6.92 Å². The van der Waals surface area contributed by atoms with Crippen molar-refractivity contribution in [2.75, 3.05) is 20.2 Å². The summed E-state index contributed by atoms with van der Waals surface area (Å²) >= 11 is 0. The number of nitrogens with zero attached hydrogens (tertiary/aromatic N) is 1. The smallest absolute Gasteiger partial charge is 0.416 e. The summed E-state index contributed by atoms with van der Waals surface area (Å²) in [6, 6.07) is 10.1. The maximum atomic E-state index is 12.6. The summed E-state index contributed by atoms with van der Waals surface area (Å²) in [6.45, 7) is 3.34. The summed E-state index contributed by atoms with van der Waals surface area (Å²) in [5, 5.41) is 16.2. The Hall–Kier alpha value is -2.90. The first-order valence-corrected chi connectivity index (χ1v) is 8.87. The Bertz CT molecular complexity index is 790. The number of hydrogen-bond donors (Lipinski definition) is 3. The first-order chi connectivity index (χ1) is 13.3. The van der Waals surface area contributed by atoms with Crippen molar-refractivity contribution in [3.8, 4) is 11.5 Å². The van der Waals surface area contributed by atoms with Crippen LogP contribution in [0.5, 0.6) is 11.5 Å². The van der Waals surface area contributed by atoms with Gasteiger partial charge in [-0.1, -0.05) is 18.2 Å². The zero-order valence-electron chi connectivity index (χ0n) is 15.8. The number of rotatable bonds is 7. The number of aromatic hydroxyl groups is 1. The second-order valence-corrected chi connectivity index (χ2v) is 6.06. The molecule has 152 valence electrons. The van der Waals surface area contributed by atoms with Gasteiger partial charge in [0.1, 0.15) is 11.5 Å². The minimum atomic E-state index is -4.34. The average Bonchev–Trinajstić information content (AvgIpc) is 2.66. The largest absolute Gasteiger partial charge is 0.508 e. The van der Waals surface area contributed by atoms with E-state index in [0.29, 0.717) is 36.8 Å². The normalized spacial score (nSPS) is 12.0. The maximum absolute atomic E-state index is 12.6. The van der Waals surface area contributed by atoms with Gasteiger partial charge < -0.3 is 20.5 Å². The highest BCUT2D eigenvalue weighted by molar-refractivity contribution is 5.79. The van der Waals surface area contributed by atoms with Crippen molar-refractivity contribution in [1.82, 2.24) is 10.6 Å². The van der Waals surface area contributed by atoms with Gasteiger partial charge in [0.25, 0.3) is 0 Å². The van der Waals surface area contributed by atoms with Gasteiger partial charge in [-0.2, -0.15) is 13.2 Å². The van der Waals surface area contributed by atoms with Gasteiger partial charge in [0, 0.05) is 19.2 Å². The lowest BCUT2D eigenvalue weighted by atomic mass is 10.1. The monoisotopic (exact) mass is 395 g/mol. The minimum absolute atomic E-state index is 0.160. The molecular weight excluding hydrogens is 371 g/mol. The van der Waals surface area contributed by atoms with E-state index in [0.717, 1.165) is 17.7 Å². The van der Waals surface area contributed by atoms with Crippen LogP contribution in [0.3, 0.4) is 0 Å². The quantitative estimate of drug-likeness (QED) is 0.494. The summed E-state index contributed by atoms with van der Waals surface area (Å²) in [7, 11) is 1.53. The van der Waals surface area contributed by atoms with Crippen LogP contribution >= 0.6 is 0 Å². The van der Waals surface area contributed by atoms with Gasteiger partial charge in [0.05, 0.1) is 19.2 Å². The summed E-state index contributed by atoms with van der Waals surface area (Å²) in [6.07, 6.45) is -3.77. The molecule has 0 unspecified atom stereocenters. The Morgan fingerprint density at radius 3 is 2.39 bits per heavy atom. The second-order valence-electron chi connectivity index (χ2n) is 6.06. The van der Waals surface area contributed by atoms with E-state index in [1.165, 1.54) is 19.2 Å². The van der Waals surface area contributed by atoms with E-state index in [2.05, 4.69) is 15.6 Å². The van der Waals surface area contributed by atoms with E-state index in [1.54, 1.807) is 18.2 Å². The molecular formula is C20H24F3N3O2. The topological polar surface area (TPSA) is 65.9 Å². The third-order valence-corrected chi connectivity index (χ3v) is 4.02. The maximum Gasteiger partial charge on any atom is 0.416 e. The molecule has 0 amide bonds. The van der Waals surface area contributed by atoms with Crippen molar-refractivity contribution in [2.45, 2.75) is 26.1 Å². The molecule has 0 aliphatic carbocycles. The van der Waals surface area contributed by atoms with Gasteiger partial charge in [0.2, 0.25) is 0 Å². The van der Waals surface area contributed by atoms with Crippen molar-refractivity contribution in [1.29, 1.82) is 0 Å². The SMILES string of the molecule is CCNC(=NCc1ccc(C(F)(F)F)cc1)NCCc1ccc(OC)cc1O. The number of ether oxygens (including phenoxy) is 1. The number of phenols is 1. The van der Waals surface area contributed by atoms with Gasteiger partial charge in [-0.05, 0) is 42.7 Å². The molecule has 0 aliphatic rings. The zero-order chi connectivity index (χ0) is 20.6. The van der Waals surface area contributed by atoms with Crippen LogP contribution in [-0.4, -0.2) is 31.3 Å². The van der Waals surface area contributed by atoms with E-state index in [9.17, 15) is 18.3 Å². The number of hydrogen-bond acceptors (Lipinski definition) is 3. The highest BCUT2D eigenvalue weighted by atomic mass is 19.4. The first kappa shape index (κ1) is 21.4. The number of nitrogens with one attached hydrogen (secondary N) is 2. The van der Waals surface area contributed by atoms with E-state index < -0.39 is 11.7 Å². The van der Waals surface area contributed by atoms with Crippen LogP contribution in [0.1, 0.15) is 23.6 Å². The molecule has 0 aliphatic heterocycles. The number of alkyl halides is 3. The van der Waals surface area contributed by atoms with Crippen molar-refractivity contribution < 1.29 is 23.0 Å². The van der Waals surface area contributed by atoms with Crippen LogP contribution in [0.4, 0.5) is 13.2 Å². The molecule has 8 heteroatoms. The average molecular weight is 395 g/mol. The van der Waals surface area contributed by atoms with Crippen molar-refractivity contribution in [3.63, 3.8) is 0 Å². The number of methoxy groups -OCH3 is 1. The van der Waals surface area contributed by atoms with Crippen LogP contribution in [0, 0.1) is 0 Å². The molecule has 0 fully saturated rings. The fourth-order valence-corrected chi connectivity index (χ4v) is 2.51. The summed E-state index contributed by atoms with van der Waals surface area (Å²) in [5.41, 5.74) is 0.773. The third kappa shape index (κ3) is 6.37. The molecule has 0 atom stereocenters. The van der Waals surface area contributed by atoms with Crippen LogP contribution in [0.2, 0.25) is 0 Å². The summed E-state index contributed by atoms with van der Waals surface area (Å²) in [4.78, 5) is 4.39. The predicted octanol–water partition coefficient (Wildman–Crippen LogP) is 3.72. The molecule has 0 aromatic heterocycles. The second kappa shape index (κ2) is 9.87. The van der Waals surface area contributed by atoms with Crippen molar-refractivity contribution in [2.24, 2.45) is 4.99 Å². The van der Waals surface area contributed by atoms with Crippen molar-refractivity contribution in [3.05, 3.63) is 59.2 Å². The molecule has 28 heavy (non-hydrogen) atoms. The van der Waals surface area contributed by atoms with Crippen molar-refractivity contribution >= 4 is 5.96 Å². The number of halogens is 3. The van der Waals surface area contributed by atoms with Crippen LogP contribution in [-0.2, 0) is 19.1 Å². The lowest BCUT2D eigenvalue weighted by Crippen LogP contribution is -2.38. The zero-order valence-corrected chi connectivity index (χ0v) is 15.8. The number of benzene rings is 2. The highest BCUT2D eigenvalue weighted by Gasteiger charge is 2.29. The molecule has 0 saturated heterocycles. The Morgan fingerprint density at radius 2 is 1.82 bits per heavy atom. The molecule has 5 nitrogen and oxygen atoms in total. The molecule has 3 N–H and O–H groups in total. The predicted molar refractivity (Wildman–Crippen MR) is 103 cm³/mol. The summed E-state index contributed by atoms with van der Waals surface area (Å²) in [5.74, 6) is 1.30. The Morgan fingerprint density at radius 1 is 1.11 bits per heavy atom. The van der Waals surface area contributed by atoms with E-state index in [4.69, 9.17) is 4.74 Å². The molecule has 0 radical (unpaired) electrons. The molecule has 0 bridgehead atoms. The first-order valence-electron chi connectivity index (χ1n) is 8.87. The minimum Gasteiger partial charge on any atom is -0.508 e. The molecule has 0 heterocycles.